The van der Waals surface area contributed by atoms with E-state index in [9.17, 15) is 19.5 Å². The fourth-order valence-electron chi connectivity index (χ4n) is 5.59. The van der Waals surface area contributed by atoms with Gasteiger partial charge in [-0.2, -0.15) is 0 Å². The normalized spacial score (nSPS) is 19.3. The Morgan fingerprint density at radius 3 is 2.39 bits per heavy atom. The molecular weight excluding hydrogens is 456 g/mol. The number of amides is 2. The molecule has 0 radical (unpaired) electrons. The van der Waals surface area contributed by atoms with E-state index < -0.39 is 23.0 Å². The molecule has 3 aromatic carbocycles. The number of carbonyl (C=O) groups is 2. The van der Waals surface area contributed by atoms with Gasteiger partial charge in [0.05, 0.1) is 29.3 Å². The van der Waals surface area contributed by atoms with Gasteiger partial charge < -0.3 is 19.3 Å². The average Bonchev–Trinajstić information content (AvgIpc) is 3.30. The van der Waals surface area contributed by atoms with E-state index in [2.05, 4.69) is 0 Å². The summed E-state index contributed by atoms with van der Waals surface area (Å²) in [5.74, 6) is -1.13. The van der Waals surface area contributed by atoms with Crippen LogP contribution >= 0.6 is 0 Å². The SMILES string of the molecule is CCCN1C(=O)C2(c3ccccc31)c1c(oc3ccccc3c1=O)C(=O)N2CC(O)c1ccccc1. The van der Waals surface area contributed by atoms with Gasteiger partial charge in [-0.1, -0.05) is 67.6 Å². The quantitative estimate of drug-likeness (QED) is 0.467. The lowest BCUT2D eigenvalue weighted by molar-refractivity contribution is -0.126. The predicted molar refractivity (Wildman–Crippen MR) is 135 cm³/mol. The number of anilines is 1. The number of benzene rings is 3. The molecule has 0 fully saturated rings. The fourth-order valence-corrected chi connectivity index (χ4v) is 5.59. The molecule has 2 aliphatic heterocycles. The van der Waals surface area contributed by atoms with Crippen LogP contribution in [0, 0.1) is 0 Å². The molecule has 36 heavy (non-hydrogen) atoms. The lowest BCUT2D eigenvalue weighted by Gasteiger charge is -2.35. The second-order valence-electron chi connectivity index (χ2n) is 9.16. The van der Waals surface area contributed by atoms with E-state index in [0.717, 1.165) is 0 Å². The van der Waals surface area contributed by atoms with Crippen molar-refractivity contribution in [2.45, 2.75) is 25.0 Å². The number of nitrogens with zero attached hydrogens (tertiary/aromatic N) is 2. The molecule has 2 atom stereocenters. The van der Waals surface area contributed by atoms with E-state index >= 15 is 0 Å². The number of β-amino-alcohol motifs (C(OH)–C–C–N with tert-alkyl or cyclic N) is 1. The summed E-state index contributed by atoms with van der Waals surface area (Å²) in [4.78, 5) is 45.3. The van der Waals surface area contributed by atoms with Crippen LogP contribution in [-0.4, -0.2) is 34.9 Å². The zero-order chi connectivity index (χ0) is 25.0. The van der Waals surface area contributed by atoms with Gasteiger partial charge in [-0.25, -0.2) is 0 Å². The molecule has 1 N–H and O–H groups in total. The molecule has 0 saturated heterocycles. The summed E-state index contributed by atoms with van der Waals surface area (Å²) in [5, 5.41) is 11.5. The smallest absolute Gasteiger partial charge is 0.291 e. The Labute approximate surface area is 207 Å². The maximum atomic E-state index is 14.4. The molecule has 1 spiro atoms. The monoisotopic (exact) mass is 480 g/mol. The largest absolute Gasteiger partial charge is 0.450 e. The first-order chi connectivity index (χ1) is 17.5. The molecule has 1 aromatic heterocycles. The summed E-state index contributed by atoms with van der Waals surface area (Å²) in [7, 11) is 0. The number of fused-ring (bicyclic) bond motifs is 5. The Bertz CT molecular complexity index is 1580. The van der Waals surface area contributed by atoms with Gasteiger partial charge in [0, 0.05) is 12.1 Å². The van der Waals surface area contributed by atoms with Gasteiger partial charge in [-0.15, -0.1) is 0 Å². The Morgan fingerprint density at radius 2 is 1.61 bits per heavy atom. The van der Waals surface area contributed by atoms with Crippen LogP contribution in [0.25, 0.3) is 11.0 Å². The van der Waals surface area contributed by atoms with Crippen molar-refractivity contribution in [1.29, 1.82) is 0 Å². The molecule has 0 aliphatic carbocycles. The summed E-state index contributed by atoms with van der Waals surface area (Å²) in [6.45, 7) is 2.20. The zero-order valence-electron chi connectivity index (χ0n) is 19.7. The van der Waals surface area contributed by atoms with Gasteiger partial charge in [0.15, 0.2) is 11.0 Å². The van der Waals surface area contributed by atoms with Crippen molar-refractivity contribution in [3.63, 3.8) is 0 Å². The molecule has 180 valence electrons. The number of hydrogen-bond acceptors (Lipinski definition) is 5. The van der Waals surface area contributed by atoms with E-state index in [4.69, 9.17) is 4.42 Å². The van der Waals surface area contributed by atoms with Crippen LogP contribution in [-0.2, 0) is 10.3 Å². The highest BCUT2D eigenvalue weighted by Gasteiger charge is 2.65. The van der Waals surface area contributed by atoms with Crippen LogP contribution in [0.5, 0.6) is 0 Å². The van der Waals surface area contributed by atoms with Gasteiger partial charge in [0.1, 0.15) is 5.58 Å². The maximum absolute atomic E-state index is 14.4. The highest BCUT2D eigenvalue weighted by atomic mass is 16.3. The Hall–Kier alpha value is -4.23. The Kier molecular flexibility index (Phi) is 5.05. The summed E-state index contributed by atoms with van der Waals surface area (Å²) in [5.41, 5.74) is -0.0566. The van der Waals surface area contributed by atoms with Gasteiger partial charge in [0.25, 0.3) is 11.8 Å². The first-order valence-electron chi connectivity index (χ1n) is 12.0. The van der Waals surface area contributed by atoms with Crippen molar-refractivity contribution in [3.8, 4) is 0 Å². The van der Waals surface area contributed by atoms with Crippen molar-refractivity contribution in [2.24, 2.45) is 0 Å². The van der Waals surface area contributed by atoms with E-state index in [-0.39, 0.29) is 29.4 Å². The molecule has 0 bridgehead atoms. The van der Waals surface area contributed by atoms with Gasteiger partial charge in [-0.3, -0.25) is 14.4 Å². The minimum Gasteiger partial charge on any atom is -0.450 e. The molecule has 2 amide bonds. The van der Waals surface area contributed by atoms with E-state index in [0.29, 0.717) is 35.2 Å². The summed E-state index contributed by atoms with van der Waals surface area (Å²) in [6.07, 6.45) is -0.387. The van der Waals surface area contributed by atoms with Crippen LogP contribution in [0.3, 0.4) is 0 Å². The van der Waals surface area contributed by atoms with Gasteiger partial charge in [0.2, 0.25) is 5.76 Å². The first-order valence-corrected chi connectivity index (χ1v) is 12.0. The fraction of sp³-hybridized carbons (Fsp3) is 0.207. The molecule has 2 unspecified atom stereocenters. The van der Waals surface area contributed by atoms with Crippen LogP contribution < -0.4 is 10.3 Å². The van der Waals surface area contributed by atoms with Crippen molar-refractivity contribution in [1.82, 2.24) is 4.90 Å². The number of hydrogen-bond donors (Lipinski definition) is 1. The number of aliphatic hydroxyl groups is 1. The topological polar surface area (TPSA) is 91.1 Å². The molecule has 4 aromatic rings. The summed E-state index contributed by atoms with van der Waals surface area (Å²) < 4.78 is 6.02. The van der Waals surface area contributed by atoms with Crippen LogP contribution in [0.2, 0.25) is 0 Å². The van der Waals surface area contributed by atoms with E-state index in [1.807, 2.05) is 25.1 Å². The second kappa shape index (κ2) is 8.17. The maximum Gasteiger partial charge on any atom is 0.291 e. The number of rotatable bonds is 5. The average molecular weight is 481 g/mol. The second-order valence-corrected chi connectivity index (χ2v) is 9.16. The predicted octanol–water partition coefficient (Wildman–Crippen LogP) is 3.98. The van der Waals surface area contributed by atoms with E-state index in [1.165, 1.54) is 4.90 Å². The Balaban J connectivity index is 1.65. The standard InChI is InChI=1S/C29H24N2O5/c1-2-16-30-21-14-8-7-13-20(21)29(28(30)35)24-25(33)19-12-6-9-15-23(19)36-26(24)27(34)31(29)17-22(32)18-10-4-3-5-11-18/h3-15,22,32H,2,16-17H2,1H3. The van der Waals surface area contributed by atoms with Crippen LogP contribution in [0.15, 0.2) is 88.1 Å². The lowest BCUT2D eigenvalue weighted by Crippen LogP contribution is -2.54. The minimum atomic E-state index is -1.72. The molecule has 7 nitrogen and oxygen atoms in total. The molecule has 2 aliphatic rings. The van der Waals surface area contributed by atoms with Crippen molar-refractivity contribution >= 4 is 28.5 Å². The van der Waals surface area contributed by atoms with Crippen LogP contribution in [0.4, 0.5) is 5.69 Å². The highest BCUT2D eigenvalue weighted by Crippen LogP contribution is 2.52. The van der Waals surface area contributed by atoms with Crippen LogP contribution in [0.1, 0.15) is 46.7 Å². The number of carbonyl (C=O) groups excluding carboxylic acids is 2. The number of aliphatic hydroxyl groups excluding tert-OH is 1. The molecule has 6 rings (SSSR count). The summed E-state index contributed by atoms with van der Waals surface area (Å²) >= 11 is 0. The van der Waals surface area contributed by atoms with E-state index in [1.54, 1.807) is 65.6 Å². The molecular formula is C29H24N2O5. The first kappa shape index (κ1) is 22.2. The molecule has 3 heterocycles. The summed E-state index contributed by atoms with van der Waals surface area (Å²) in [6, 6.07) is 22.9. The Morgan fingerprint density at radius 1 is 0.917 bits per heavy atom. The third kappa shape index (κ3) is 2.86. The van der Waals surface area contributed by atoms with Gasteiger partial charge >= 0.3 is 0 Å². The van der Waals surface area contributed by atoms with Crippen molar-refractivity contribution < 1.29 is 19.1 Å². The van der Waals surface area contributed by atoms with Gasteiger partial charge in [-0.05, 0) is 30.2 Å². The van der Waals surface area contributed by atoms with Crippen molar-refractivity contribution in [3.05, 3.63) is 112 Å². The molecule has 0 saturated carbocycles. The number of para-hydroxylation sites is 2. The minimum absolute atomic E-state index is 0.0162. The third-order valence-corrected chi connectivity index (χ3v) is 7.13. The third-order valence-electron chi connectivity index (χ3n) is 7.13. The molecule has 7 heteroatoms. The lowest BCUT2D eigenvalue weighted by atomic mass is 9.83. The van der Waals surface area contributed by atoms with Crippen molar-refractivity contribution in [2.75, 3.05) is 18.0 Å². The zero-order valence-corrected chi connectivity index (χ0v) is 19.7. The highest BCUT2D eigenvalue weighted by molar-refractivity contribution is 6.17.